The highest BCUT2D eigenvalue weighted by Gasteiger charge is 2.14. The minimum absolute atomic E-state index is 0. The van der Waals surface area contributed by atoms with Crippen LogP contribution in [0.15, 0.2) is 12.4 Å². The van der Waals surface area contributed by atoms with Gasteiger partial charge in [0.2, 0.25) is 0 Å². The maximum Gasteiger partial charge on any atom is 0.256 e. The summed E-state index contributed by atoms with van der Waals surface area (Å²) in [4.78, 5) is 0. The molecule has 1 heterocycles. The van der Waals surface area contributed by atoms with E-state index in [4.69, 9.17) is 0 Å². The van der Waals surface area contributed by atoms with Crippen molar-refractivity contribution in [3.8, 4) is 0 Å². The molecule has 0 aliphatic rings. The number of imidazole rings is 1. The fraction of sp³-hybridized carbons (Fsp3) is 0.897. The predicted molar refractivity (Wildman–Crippen MR) is 138 cm³/mol. The van der Waals surface area contributed by atoms with Crippen LogP contribution in [0.2, 0.25) is 0 Å². The van der Waals surface area contributed by atoms with Gasteiger partial charge in [-0.25, -0.2) is 9.13 Å². The molecule has 0 fully saturated rings. The van der Waals surface area contributed by atoms with E-state index in [0.29, 0.717) is 0 Å². The van der Waals surface area contributed by atoms with Crippen molar-refractivity contribution < 1.29 is 21.5 Å². The molecule has 0 saturated heterocycles. The molecule has 0 amide bonds. The highest BCUT2D eigenvalue weighted by Crippen LogP contribution is 2.12. The first-order valence-corrected chi connectivity index (χ1v) is 14.4. The van der Waals surface area contributed by atoms with Crippen molar-refractivity contribution in [1.29, 1.82) is 0 Å². The van der Waals surface area contributed by atoms with Crippen molar-refractivity contribution >= 4 is 0 Å². The number of halogens is 1. The van der Waals surface area contributed by atoms with Gasteiger partial charge in [-0.3, -0.25) is 0 Å². The Morgan fingerprint density at radius 1 is 0.562 bits per heavy atom. The predicted octanol–water partition coefficient (Wildman–Crippen LogP) is 6.18. The molecule has 3 heteroatoms. The first kappa shape index (κ1) is 31.7. The minimum Gasteiger partial charge on any atom is -1.00 e. The normalized spacial score (nSPS) is 11.1. The second-order valence-electron chi connectivity index (χ2n) is 9.82. The summed E-state index contributed by atoms with van der Waals surface area (Å²) in [5.41, 5.74) is 0. The maximum absolute atomic E-state index is 2.53. The Kier molecular flexibility index (Phi) is 23.6. The van der Waals surface area contributed by atoms with E-state index in [0.717, 1.165) is 6.42 Å². The molecule has 0 radical (unpaired) electrons. The Morgan fingerprint density at radius 3 is 1.41 bits per heavy atom. The first-order valence-electron chi connectivity index (χ1n) is 14.4. The zero-order valence-electron chi connectivity index (χ0n) is 22.2. The van der Waals surface area contributed by atoms with Crippen molar-refractivity contribution in [2.75, 3.05) is 0 Å². The second-order valence-corrected chi connectivity index (χ2v) is 9.82. The van der Waals surface area contributed by atoms with E-state index in [-0.39, 0.29) is 17.0 Å². The summed E-state index contributed by atoms with van der Waals surface area (Å²) in [7, 11) is 0. The molecule has 32 heavy (non-hydrogen) atoms. The van der Waals surface area contributed by atoms with Crippen molar-refractivity contribution in [2.45, 2.75) is 169 Å². The second kappa shape index (κ2) is 23.8. The van der Waals surface area contributed by atoms with E-state index in [1.165, 1.54) is 147 Å². The van der Waals surface area contributed by atoms with Gasteiger partial charge in [-0.05, 0) is 25.7 Å². The van der Waals surface area contributed by atoms with Crippen LogP contribution >= 0.6 is 0 Å². The highest BCUT2D eigenvalue weighted by atomic mass is 79.9. The molecule has 0 aromatic carbocycles. The molecule has 0 N–H and O–H groups in total. The summed E-state index contributed by atoms with van der Waals surface area (Å²) in [5.74, 6) is 1.53. The molecule has 0 bridgehead atoms. The Hall–Kier alpha value is -0.310. The van der Waals surface area contributed by atoms with Crippen LogP contribution in [0.4, 0.5) is 0 Å². The summed E-state index contributed by atoms with van der Waals surface area (Å²) < 4.78 is 5.06. The Labute approximate surface area is 212 Å². The Morgan fingerprint density at radius 2 is 0.969 bits per heavy atom. The van der Waals surface area contributed by atoms with E-state index in [9.17, 15) is 0 Å². The molecule has 0 atom stereocenters. The molecule has 1 rings (SSSR count). The summed E-state index contributed by atoms with van der Waals surface area (Å²) in [6, 6.07) is 0. The SMILES string of the molecule is CCCCCCCCCCCCn1cc[n+](CCCCCCCCCCCC)c1CC.[Br-]. The van der Waals surface area contributed by atoms with Crippen LogP contribution in [-0.4, -0.2) is 4.57 Å². The Bertz CT molecular complexity index is 456. The smallest absolute Gasteiger partial charge is 0.256 e. The topological polar surface area (TPSA) is 8.81 Å². The van der Waals surface area contributed by atoms with Crippen molar-refractivity contribution in [1.82, 2.24) is 4.57 Å². The van der Waals surface area contributed by atoms with Gasteiger partial charge in [0.05, 0.1) is 13.1 Å². The molecule has 0 spiro atoms. The van der Waals surface area contributed by atoms with Gasteiger partial charge in [-0.15, -0.1) is 0 Å². The fourth-order valence-electron chi connectivity index (χ4n) is 4.85. The first-order chi connectivity index (χ1) is 15.3. The summed E-state index contributed by atoms with van der Waals surface area (Å²) in [6.45, 7) is 9.34. The van der Waals surface area contributed by atoms with Gasteiger partial charge >= 0.3 is 0 Å². The molecular formula is C29H57BrN2. The van der Waals surface area contributed by atoms with Crippen LogP contribution in [0.5, 0.6) is 0 Å². The fourth-order valence-corrected chi connectivity index (χ4v) is 4.85. The van der Waals surface area contributed by atoms with Crippen LogP contribution in [0, 0.1) is 0 Å². The largest absolute Gasteiger partial charge is 1.00 e. The van der Waals surface area contributed by atoms with E-state index >= 15 is 0 Å². The van der Waals surface area contributed by atoms with Gasteiger partial charge in [0.1, 0.15) is 12.4 Å². The maximum atomic E-state index is 2.53. The number of rotatable bonds is 23. The molecule has 0 saturated carbocycles. The third-order valence-corrected chi connectivity index (χ3v) is 6.91. The van der Waals surface area contributed by atoms with Crippen LogP contribution in [0.25, 0.3) is 0 Å². The van der Waals surface area contributed by atoms with Crippen LogP contribution in [0.1, 0.15) is 155 Å². The van der Waals surface area contributed by atoms with Gasteiger partial charge in [0.15, 0.2) is 0 Å². The van der Waals surface area contributed by atoms with Crippen molar-refractivity contribution in [3.05, 3.63) is 18.2 Å². The zero-order valence-corrected chi connectivity index (χ0v) is 23.8. The average Bonchev–Trinajstić information content (AvgIpc) is 3.18. The molecule has 0 aliphatic heterocycles. The van der Waals surface area contributed by atoms with Crippen molar-refractivity contribution in [3.63, 3.8) is 0 Å². The molecular weight excluding hydrogens is 456 g/mol. The minimum atomic E-state index is 0. The molecule has 1 aromatic heterocycles. The van der Waals surface area contributed by atoms with Gasteiger partial charge < -0.3 is 17.0 Å². The number of nitrogens with zero attached hydrogens (tertiary/aromatic N) is 2. The molecule has 0 unspecified atom stereocenters. The molecule has 190 valence electrons. The van der Waals surface area contributed by atoms with Gasteiger partial charge in [0, 0.05) is 6.42 Å². The summed E-state index contributed by atoms with van der Waals surface area (Å²) >= 11 is 0. The lowest BCUT2D eigenvalue weighted by atomic mass is 10.1. The van der Waals surface area contributed by atoms with E-state index in [1.807, 2.05) is 0 Å². The van der Waals surface area contributed by atoms with E-state index < -0.39 is 0 Å². The van der Waals surface area contributed by atoms with Crippen LogP contribution in [0.3, 0.4) is 0 Å². The Balaban J connectivity index is 0.00000961. The summed E-state index contributed by atoms with van der Waals surface area (Å²) in [6.07, 6.45) is 34.2. The van der Waals surface area contributed by atoms with Crippen LogP contribution < -0.4 is 21.5 Å². The standard InChI is InChI=1S/C29H57N2.BrH/c1-4-7-9-11-13-15-17-19-21-23-25-30-27-28-31(29(30)6-3)26-24-22-20-18-16-14-12-10-8-5-2;/h27-28H,4-26H2,1-3H3;1H/q+1;/p-1. The number of unbranched alkanes of at least 4 members (excludes halogenated alkanes) is 18. The quantitative estimate of drug-likeness (QED) is 0.122. The lowest BCUT2D eigenvalue weighted by Crippen LogP contribution is -3.00. The monoisotopic (exact) mass is 512 g/mol. The van der Waals surface area contributed by atoms with E-state index in [2.05, 4.69) is 42.3 Å². The van der Waals surface area contributed by atoms with Crippen molar-refractivity contribution in [2.24, 2.45) is 0 Å². The molecule has 2 nitrogen and oxygen atoms in total. The van der Waals surface area contributed by atoms with Gasteiger partial charge in [0.25, 0.3) is 5.82 Å². The zero-order chi connectivity index (χ0) is 22.4. The van der Waals surface area contributed by atoms with E-state index in [1.54, 1.807) is 0 Å². The average molecular weight is 514 g/mol. The number of hydrogen-bond acceptors (Lipinski definition) is 0. The third-order valence-electron chi connectivity index (χ3n) is 6.91. The molecule has 0 aliphatic carbocycles. The number of hydrogen-bond donors (Lipinski definition) is 0. The lowest BCUT2D eigenvalue weighted by molar-refractivity contribution is -0.704. The van der Waals surface area contributed by atoms with Gasteiger partial charge in [-0.1, -0.05) is 124 Å². The number of aryl methyl sites for hydroxylation is 2. The lowest BCUT2D eigenvalue weighted by Gasteiger charge is -2.05. The number of aromatic nitrogens is 2. The van der Waals surface area contributed by atoms with Crippen LogP contribution in [-0.2, 0) is 19.5 Å². The summed E-state index contributed by atoms with van der Waals surface area (Å²) in [5, 5.41) is 0. The highest BCUT2D eigenvalue weighted by molar-refractivity contribution is 4.83. The molecule has 1 aromatic rings. The third kappa shape index (κ3) is 16.3. The van der Waals surface area contributed by atoms with Gasteiger partial charge in [-0.2, -0.15) is 0 Å².